The van der Waals surface area contributed by atoms with E-state index in [-0.39, 0.29) is 6.04 Å². The third-order valence-corrected chi connectivity index (χ3v) is 4.50. The number of thiazole rings is 1. The lowest BCUT2D eigenvalue weighted by Gasteiger charge is -2.16. The van der Waals surface area contributed by atoms with Crippen LogP contribution in [-0.4, -0.2) is 22.0 Å². The van der Waals surface area contributed by atoms with Crippen molar-refractivity contribution in [3.8, 4) is 0 Å². The molecule has 2 aromatic heterocycles. The summed E-state index contributed by atoms with van der Waals surface area (Å²) in [6, 6.07) is 0.144. The molecule has 0 amide bonds. The first kappa shape index (κ1) is 14.7. The zero-order valence-corrected chi connectivity index (χ0v) is 13.2. The molecule has 2 heterocycles. The summed E-state index contributed by atoms with van der Waals surface area (Å²) < 4.78 is 0. The van der Waals surface area contributed by atoms with Crippen LogP contribution in [0.5, 0.6) is 0 Å². The van der Waals surface area contributed by atoms with E-state index in [4.69, 9.17) is 0 Å². The normalized spacial score (nSPS) is 12.2. The van der Waals surface area contributed by atoms with Crippen molar-refractivity contribution in [3.05, 3.63) is 28.0 Å². The molecule has 6 heteroatoms. The first-order chi connectivity index (χ1) is 9.69. The maximum atomic E-state index is 4.48. The molecule has 0 aromatic carbocycles. The van der Waals surface area contributed by atoms with Crippen LogP contribution >= 0.6 is 11.3 Å². The summed E-state index contributed by atoms with van der Waals surface area (Å²) >= 11 is 1.75. The van der Waals surface area contributed by atoms with Crippen molar-refractivity contribution in [3.63, 3.8) is 0 Å². The predicted octanol–water partition coefficient (Wildman–Crippen LogP) is 3.27. The van der Waals surface area contributed by atoms with E-state index in [0.717, 1.165) is 35.0 Å². The Labute approximate surface area is 123 Å². The Bertz CT molecular complexity index is 566. The first-order valence-electron chi connectivity index (χ1n) is 6.92. The van der Waals surface area contributed by atoms with E-state index in [9.17, 15) is 0 Å². The maximum absolute atomic E-state index is 4.48. The van der Waals surface area contributed by atoms with Crippen LogP contribution in [0.3, 0.4) is 0 Å². The first-order valence-corrected chi connectivity index (χ1v) is 7.73. The molecule has 108 valence electrons. The Balaban J connectivity index is 2.20. The van der Waals surface area contributed by atoms with Crippen molar-refractivity contribution in [1.82, 2.24) is 15.0 Å². The summed E-state index contributed by atoms with van der Waals surface area (Å²) in [7, 11) is 1.88. The highest BCUT2D eigenvalue weighted by Gasteiger charge is 2.14. The SMILES string of the molecule is CCc1cnc(C(C)Nc2ncnc(NC)c2CC)s1. The molecule has 0 fully saturated rings. The zero-order chi connectivity index (χ0) is 14.5. The molecule has 0 saturated carbocycles. The molecule has 0 radical (unpaired) electrons. The average Bonchev–Trinajstić information content (AvgIpc) is 2.96. The van der Waals surface area contributed by atoms with Crippen LogP contribution < -0.4 is 10.6 Å². The van der Waals surface area contributed by atoms with Gasteiger partial charge in [-0.25, -0.2) is 15.0 Å². The summed E-state index contributed by atoms with van der Waals surface area (Å²) in [5.74, 6) is 1.76. The fraction of sp³-hybridized carbons (Fsp3) is 0.500. The van der Waals surface area contributed by atoms with Crippen molar-refractivity contribution < 1.29 is 0 Å². The van der Waals surface area contributed by atoms with Gasteiger partial charge < -0.3 is 10.6 Å². The minimum Gasteiger partial charge on any atom is -0.373 e. The molecule has 0 aliphatic carbocycles. The average molecular weight is 291 g/mol. The van der Waals surface area contributed by atoms with Crippen LogP contribution in [0, 0.1) is 0 Å². The topological polar surface area (TPSA) is 62.7 Å². The number of anilines is 2. The monoisotopic (exact) mass is 291 g/mol. The molecule has 2 aromatic rings. The number of aryl methyl sites for hydroxylation is 1. The highest BCUT2D eigenvalue weighted by atomic mass is 32.1. The van der Waals surface area contributed by atoms with Crippen LogP contribution in [0.15, 0.2) is 12.5 Å². The van der Waals surface area contributed by atoms with Gasteiger partial charge in [0.05, 0.1) is 6.04 Å². The lowest BCUT2D eigenvalue weighted by atomic mass is 10.2. The minimum absolute atomic E-state index is 0.144. The summed E-state index contributed by atoms with van der Waals surface area (Å²) in [6.07, 6.45) is 5.45. The van der Waals surface area contributed by atoms with E-state index in [1.54, 1.807) is 17.7 Å². The van der Waals surface area contributed by atoms with Gasteiger partial charge in [-0.2, -0.15) is 0 Å². The smallest absolute Gasteiger partial charge is 0.135 e. The molecule has 0 spiro atoms. The van der Waals surface area contributed by atoms with Crippen molar-refractivity contribution >= 4 is 23.0 Å². The van der Waals surface area contributed by atoms with Gasteiger partial charge in [0.25, 0.3) is 0 Å². The fourth-order valence-corrected chi connectivity index (χ4v) is 2.90. The van der Waals surface area contributed by atoms with E-state index >= 15 is 0 Å². The predicted molar refractivity (Wildman–Crippen MR) is 84.5 cm³/mol. The number of rotatable bonds is 6. The number of nitrogens with zero attached hydrogens (tertiary/aromatic N) is 3. The van der Waals surface area contributed by atoms with Gasteiger partial charge in [0.15, 0.2) is 0 Å². The minimum atomic E-state index is 0.144. The van der Waals surface area contributed by atoms with Gasteiger partial charge in [-0.1, -0.05) is 13.8 Å². The van der Waals surface area contributed by atoms with Crippen molar-refractivity contribution in [1.29, 1.82) is 0 Å². The van der Waals surface area contributed by atoms with Crippen LogP contribution in [0.2, 0.25) is 0 Å². The molecular weight excluding hydrogens is 270 g/mol. The highest BCUT2D eigenvalue weighted by Crippen LogP contribution is 2.26. The van der Waals surface area contributed by atoms with Crippen LogP contribution in [-0.2, 0) is 12.8 Å². The second-order valence-corrected chi connectivity index (χ2v) is 5.68. The Kier molecular flexibility index (Phi) is 4.89. The molecule has 20 heavy (non-hydrogen) atoms. The fourth-order valence-electron chi connectivity index (χ4n) is 2.04. The summed E-state index contributed by atoms with van der Waals surface area (Å²) in [6.45, 7) is 6.36. The molecule has 2 N–H and O–H groups in total. The van der Waals surface area contributed by atoms with E-state index in [2.05, 4.69) is 46.4 Å². The summed E-state index contributed by atoms with van der Waals surface area (Å²) in [5, 5.41) is 7.65. The van der Waals surface area contributed by atoms with Gasteiger partial charge in [0.2, 0.25) is 0 Å². The zero-order valence-electron chi connectivity index (χ0n) is 12.4. The Morgan fingerprint density at radius 1 is 1.15 bits per heavy atom. The third-order valence-electron chi connectivity index (χ3n) is 3.18. The van der Waals surface area contributed by atoms with Gasteiger partial charge in [-0.3, -0.25) is 0 Å². The molecule has 0 saturated heterocycles. The Hall–Kier alpha value is -1.69. The molecule has 2 rings (SSSR count). The molecule has 1 unspecified atom stereocenters. The van der Waals surface area contributed by atoms with Gasteiger partial charge in [-0.05, 0) is 19.8 Å². The molecule has 0 aliphatic heterocycles. The lowest BCUT2D eigenvalue weighted by Crippen LogP contribution is -2.11. The number of nitrogens with one attached hydrogen (secondary N) is 2. The highest BCUT2D eigenvalue weighted by molar-refractivity contribution is 7.11. The molecule has 1 atom stereocenters. The Morgan fingerprint density at radius 2 is 1.90 bits per heavy atom. The Morgan fingerprint density at radius 3 is 2.50 bits per heavy atom. The molecule has 5 nitrogen and oxygen atoms in total. The molecular formula is C14H21N5S. The van der Waals surface area contributed by atoms with Gasteiger partial charge in [0, 0.05) is 23.7 Å². The largest absolute Gasteiger partial charge is 0.373 e. The second-order valence-electron chi connectivity index (χ2n) is 4.54. The number of hydrogen-bond acceptors (Lipinski definition) is 6. The van der Waals surface area contributed by atoms with Crippen molar-refractivity contribution in [2.75, 3.05) is 17.7 Å². The molecule has 0 bridgehead atoms. The second kappa shape index (κ2) is 6.65. The number of aromatic nitrogens is 3. The van der Waals surface area contributed by atoms with Crippen LogP contribution in [0.25, 0.3) is 0 Å². The van der Waals surface area contributed by atoms with Crippen molar-refractivity contribution in [2.45, 2.75) is 39.7 Å². The third kappa shape index (κ3) is 3.07. The molecule has 0 aliphatic rings. The van der Waals surface area contributed by atoms with Crippen LogP contribution in [0.1, 0.15) is 42.3 Å². The quantitative estimate of drug-likeness (QED) is 0.855. The maximum Gasteiger partial charge on any atom is 0.135 e. The van der Waals surface area contributed by atoms with Gasteiger partial charge >= 0.3 is 0 Å². The van der Waals surface area contributed by atoms with E-state index < -0.39 is 0 Å². The standard InChI is InChI=1S/C14H21N5S/c1-5-10-7-16-14(20-10)9(3)19-13-11(6-2)12(15-4)17-8-18-13/h7-9H,5-6H2,1-4H3,(H2,15,17,18,19). The van der Waals surface area contributed by atoms with Crippen LogP contribution in [0.4, 0.5) is 11.6 Å². The van der Waals surface area contributed by atoms with Gasteiger partial charge in [0.1, 0.15) is 23.0 Å². The summed E-state index contributed by atoms with van der Waals surface area (Å²) in [5.41, 5.74) is 1.11. The van der Waals surface area contributed by atoms with Crippen molar-refractivity contribution in [2.24, 2.45) is 0 Å². The lowest BCUT2D eigenvalue weighted by molar-refractivity contribution is 0.851. The summed E-state index contributed by atoms with van der Waals surface area (Å²) in [4.78, 5) is 14.4. The van der Waals surface area contributed by atoms with E-state index in [1.807, 2.05) is 13.2 Å². The van der Waals surface area contributed by atoms with E-state index in [1.165, 1.54) is 4.88 Å². The van der Waals surface area contributed by atoms with E-state index in [0.29, 0.717) is 0 Å². The number of hydrogen-bond donors (Lipinski definition) is 2. The van der Waals surface area contributed by atoms with Gasteiger partial charge in [-0.15, -0.1) is 11.3 Å².